The maximum atomic E-state index is 13.4. The van der Waals surface area contributed by atoms with Gasteiger partial charge >= 0.3 is 6.18 Å². The number of hydrogen-bond acceptors (Lipinski definition) is 3. The molecule has 5 nitrogen and oxygen atoms in total. The molecule has 0 bridgehead atoms. The number of aryl methyl sites for hydroxylation is 1. The molecule has 157 valence electrons. The maximum absolute atomic E-state index is 13.4. The molecule has 4 aromatic rings. The molecule has 0 amide bonds. The molecule has 0 saturated heterocycles. The minimum absolute atomic E-state index is 0. The fourth-order valence-corrected chi connectivity index (χ4v) is 3.45. The normalized spacial score (nSPS) is 12.3. The Morgan fingerprint density at radius 1 is 1.03 bits per heavy atom. The summed E-state index contributed by atoms with van der Waals surface area (Å²) in [5.74, 6) is 0.492. The van der Waals surface area contributed by atoms with E-state index in [0.717, 1.165) is 17.5 Å². The molecule has 4 rings (SSSR count). The molecule has 31 heavy (non-hydrogen) atoms. The summed E-state index contributed by atoms with van der Waals surface area (Å²) < 4.78 is 42.0. The number of pyridine rings is 1. The monoisotopic (exact) mass is 456 g/mol. The van der Waals surface area contributed by atoms with Crippen LogP contribution in [-0.2, 0) is 18.6 Å². The van der Waals surface area contributed by atoms with Crippen LogP contribution in [0.15, 0.2) is 36.4 Å². The molecule has 0 aliphatic rings. The number of benzene rings is 1. The van der Waals surface area contributed by atoms with E-state index >= 15 is 0 Å². The number of rotatable bonds is 2. The van der Waals surface area contributed by atoms with E-state index in [1.807, 2.05) is 6.07 Å². The van der Waals surface area contributed by atoms with Crippen molar-refractivity contribution in [3.63, 3.8) is 0 Å². The summed E-state index contributed by atoms with van der Waals surface area (Å²) in [6.07, 6.45) is -4.51. The molecule has 0 aliphatic heterocycles. The average Bonchev–Trinajstić information content (AvgIpc) is 3.24. The van der Waals surface area contributed by atoms with Crippen molar-refractivity contribution >= 4 is 52.3 Å². The van der Waals surface area contributed by atoms with Gasteiger partial charge in [0, 0.05) is 47.6 Å². The van der Waals surface area contributed by atoms with Crippen molar-refractivity contribution in [1.82, 2.24) is 24.7 Å². The first-order valence-corrected chi connectivity index (χ1v) is 9.60. The third kappa shape index (κ3) is 4.53. The average molecular weight is 457 g/mol. The Bertz CT molecular complexity index is 1250. The van der Waals surface area contributed by atoms with E-state index in [1.54, 1.807) is 11.7 Å². The second-order valence-electron chi connectivity index (χ2n) is 8.11. The number of fused-ring (bicyclic) bond motifs is 1. The van der Waals surface area contributed by atoms with E-state index in [0.29, 0.717) is 11.3 Å². The van der Waals surface area contributed by atoms with Crippen molar-refractivity contribution in [1.29, 1.82) is 0 Å². The molecule has 0 saturated carbocycles. The van der Waals surface area contributed by atoms with E-state index in [-0.39, 0.29) is 56.9 Å². The van der Waals surface area contributed by atoms with E-state index in [2.05, 4.69) is 40.8 Å². The summed E-state index contributed by atoms with van der Waals surface area (Å²) in [4.78, 5) is 12.0. The van der Waals surface area contributed by atoms with Crippen LogP contribution in [0.2, 0.25) is 5.02 Å². The topological polar surface area (TPSA) is 59.4 Å². The first-order valence-electron chi connectivity index (χ1n) is 9.23. The Balaban J connectivity index is 0.00000272. The minimum atomic E-state index is -4.51. The number of aromatic amines is 1. The Morgan fingerprint density at radius 2 is 1.71 bits per heavy atom. The SMILES string of the molecule is Cn1nc(C(C)(C)C)cc1-c1nc2nc(-c3ccccc3C(F)(F)F)cc(Cl)c2[nH]1.[Na]. The summed E-state index contributed by atoms with van der Waals surface area (Å²) in [5, 5.41) is 4.77. The van der Waals surface area contributed by atoms with Gasteiger partial charge in [0.15, 0.2) is 11.5 Å². The fraction of sp³-hybridized carbons (Fsp3) is 0.286. The molecule has 1 radical (unpaired) electrons. The number of imidazole rings is 1. The van der Waals surface area contributed by atoms with Gasteiger partial charge in [0.1, 0.15) is 11.2 Å². The number of alkyl halides is 3. The van der Waals surface area contributed by atoms with Gasteiger partial charge in [-0.3, -0.25) is 4.68 Å². The van der Waals surface area contributed by atoms with Crippen molar-refractivity contribution in [3.05, 3.63) is 52.7 Å². The van der Waals surface area contributed by atoms with Gasteiger partial charge in [-0.05, 0) is 18.2 Å². The fourth-order valence-electron chi connectivity index (χ4n) is 3.22. The second kappa shape index (κ2) is 8.24. The Labute approximate surface area is 204 Å². The van der Waals surface area contributed by atoms with Crippen molar-refractivity contribution in [2.75, 3.05) is 0 Å². The molecule has 0 fully saturated rings. The van der Waals surface area contributed by atoms with Gasteiger partial charge in [0.05, 0.1) is 22.0 Å². The van der Waals surface area contributed by atoms with Gasteiger partial charge in [0.25, 0.3) is 0 Å². The largest absolute Gasteiger partial charge is 0.417 e. The van der Waals surface area contributed by atoms with Crippen molar-refractivity contribution in [3.8, 4) is 22.8 Å². The number of hydrogen-bond donors (Lipinski definition) is 1. The molecule has 0 aliphatic carbocycles. The van der Waals surface area contributed by atoms with Crippen molar-refractivity contribution in [2.45, 2.75) is 32.4 Å². The predicted molar refractivity (Wildman–Crippen MR) is 116 cm³/mol. The summed E-state index contributed by atoms with van der Waals surface area (Å²) in [6, 6.07) is 8.61. The van der Waals surface area contributed by atoms with Gasteiger partial charge in [-0.2, -0.15) is 18.3 Å². The van der Waals surface area contributed by atoms with Gasteiger partial charge in [-0.15, -0.1) is 0 Å². The zero-order valence-electron chi connectivity index (χ0n) is 17.8. The van der Waals surface area contributed by atoms with Crippen LogP contribution in [0, 0.1) is 0 Å². The van der Waals surface area contributed by atoms with E-state index in [4.69, 9.17) is 11.6 Å². The van der Waals surface area contributed by atoms with Gasteiger partial charge in [0.2, 0.25) is 0 Å². The molecule has 0 spiro atoms. The van der Waals surface area contributed by atoms with E-state index in [9.17, 15) is 13.2 Å². The molecule has 10 heteroatoms. The van der Waals surface area contributed by atoms with Crippen LogP contribution in [-0.4, -0.2) is 54.3 Å². The van der Waals surface area contributed by atoms with E-state index in [1.165, 1.54) is 24.3 Å². The van der Waals surface area contributed by atoms with Gasteiger partial charge < -0.3 is 4.98 Å². The van der Waals surface area contributed by atoms with Crippen LogP contribution in [0.25, 0.3) is 33.9 Å². The first kappa shape index (κ1) is 23.8. The molecule has 3 aromatic heterocycles. The number of H-pyrrole nitrogens is 1. The smallest absolute Gasteiger partial charge is 0.334 e. The summed E-state index contributed by atoms with van der Waals surface area (Å²) in [5.41, 5.74) is 1.46. The second-order valence-corrected chi connectivity index (χ2v) is 8.51. The quantitative estimate of drug-likeness (QED) is 0.399. The zero-order chi connectivity index (χ0) is 21.8. The van der Waals surface area contributed by atoms with Crippen LogP contribution in [0.3, 0.4) is 0 Å². The van der Waals surface area contributed by atoms with Crippen LogP contribution in [0.1, 0.15) is 32.0 Å². The van der Waals surface area contributed by atoms with Crippen LogP contribution < -0.4 is 0 Å². The van der Waals surface area contributed by atoms with E-state index < -0.39 is 11.7 Å². The number of nitrogens with one attached hydrogen (secondary N) is 1. The first-order chi connectivity index (χ1) is 13.9. The van der Waals surface area contributed by atoms with Crippen LogP contribution in [0.4, 0.5) is 13.2 Å². The van der Waals surface area contributed by atoms with Gasteiger partial charge in [-0.1, -0.05) is 50.6 Å². The summed E-state index contributed by atoms with van der Waals surface area (Å²) in [7, 11) is 1.80. The third-order valence-corrected chi connectivity index (χ3v) is 5.11. The third-order valence-electron chi connectivity index (χ3n) is 4.81. The minimum Gasteiger partial charge on any atom is -0.334 e. The molecule has 1 aromatic carbocycles. The Hall–Kier alpha value is -1.87. The number of halogens is 4. The molecule has 0 unspecified atom stereocenters. The molecular formula is C21H19ClF3N5Na. The Kier molecular flexibility index (Phi) is 6.32. The summed E-state index contributed by atoms with van der Waals surface area (Å²) >= 11 is 6.38. The van der Waals surface area contributed by atoms with Crippen molar-refractivity contribution < 1.29 is 13.2 Å². The molecule has 1 N–H and O–H groups in total. The maximum Gasteiger partial charge on any atom is 0.417 e. The Morgan fingerprint density at radius 3 is 2.32 bits per heavy atom. The standard InChI is InChI=1S/C21H19ClF3N5.Na/c1-20(2,3)16-10-15(30(4)29-16)18-27-17-13(22)9-14(26-19(17)28-18)11-7-5-6-8-12(11)21(23,24)25;/h5-10H,1-4H3,(H,26,27,28);. The number of aromatic nitrogens is 5. The predicted octanol–water partition coefficient (Wildman–Crippen LogP) is 5.61. The summed E-state index contributed by atoms with van der Waals surface area (Å²) in [6.45, 7) is 6.17. The molecular weight excluding hydrogens is 438 g/mol. The number of nitrogens with zero attached hydrogens (tertiary/aromatic N) is 4. The van der Waals surface area contributed by atoms with Crippen LogP contribution in [0.5, 0.6) is 0 Å². The molecule has 3 heterocycles. The van der Waals surface area contributed by atoms with Crippen LogP contribution >= 0.6 is 11.6 Å². The zero-order valence-corrected chi connectivity index (χ0v) is 20.5. The van der Waals surface area contributed by atoms with Crippen molar-refractivity contribution in [2.24, 2.45) is 7.05 Å². The van der Waals surface area contributed by atoms with Gasteiger partial charge in [-0.25, -0.2) is 9.97 Å². The molecule has 0 atom stereocenters.